The van der Waals surface area contributed by atoms with Gasteiger partial charge in [0.1, 0.15) is 5.69 Å². The molecule has 0 saturated heterocycles. The number of thiazole rings is 1. The molecule has 1 aliphatic rings. The number of rotatable bonds is 4. The number of nitrogens with one attached hydrogen (secondary N) is 1. The molecule has 1 amide bonds. The summed E-state index contributed by atoms with van der Waals surface area (Å²) in [4.78, 5) is 20.3. The maximum absolute atomic E-state index is 12.1. The van der Waals surface area contributed by atoms with Crippen molar-refractivity contribution in [3.63, 3.8) is 0 Å². The summed E-state index contributed by atoms with van der Waals surface area (Å²) in [5.74, 6) is 0.782. The van der Waals surface area contributed by atoms with Crippen molar-refractivity contribution in [3.05, 3.63) is 35.0 Å². The van der Waals surface area contributed by atoms with Gasteiger partial charge in [-0.25, -0.2) is 4.98 Å². The molecule has 3 aromatic rings. The van der Waals surface area contributed by atoms with E-state index in [1.54, 1.807) is 34.0 Å². The first-order valence-corrected chi connectivity index (χ1v) is 9.69. The van der Waals surface area contributed by atoms with Crippen LogP contribution >= 0.6 is 34.0 Å². The van der Waals surface area contributed by atoms with E-state index in [-0.39, 0.29) is 11.8 Å². The third-order valence-electron chi connectivity index (χ3n) is 3.80. The van der Waals surface area contributed by atoms with E-state index < -0.39 is 0 Å². The number of aromatic nitrogens is 1. The van der Waals surface area contributed by atoms with Crippen molar-refractivity contribution >= 4 is 45.0 Å². The van der Waals surface area contributed by atoms with Crippen molar-refractivity contribution in [1.29, 1.82) is 0 Å². The summed E-state index contributed by atoms with van der Waals surface area (Å²) in [6, 6.07) is 8.25. The SMILES string of the molecule is C[C@@H]1C[C@@H]1C(=O)Nc1nc(-c2cccs2)c(-c2cccs2)s1. The molecule has 1 aliphatic carbocycles. The van der Waals surface area contributed by atoms with Gasteiger partial charge in [-0.15, -0.1) is 22.7 Å². The van der Waals surface area contributed by atoms with Crippen LogP contribution in [0.3, 0.4) is 0 Å². The quantitative estimate of drug-likeness (QED) is 0.706. The van der Waals surface area contributed by atoms with E-state index in [4.69, 9.17) is 0 Å². The summed E-state index contributed by atoms with van der Waals surface area (Å²) in [7, 11) is 0. The summed E-state index contributed by atoms with van der Waals surface area (Å²) >= 11 is 4.94. The molecule has 0 spiro atoms. The first kappa shape index (κ1) is 14.1. The number of carbonyl (C=O) groups is 1. The third-order valence-corrected chi connectivity index (χ3v) is 6.70. The highest BCUT2D eigenvalue weighted by atomic mass is 32.1. The molecule has 3 nitrogen and oxygen atoms in total. The maximum atomic E-state index is 12.1. The highest BCUT2D eigenvalue weighted by Crippen LogP contribution is 2.43. The lowest BCUT2D eigenvalue weighted by molar-refractivity contribution is -0.117. The number of nitrogens with zero attached hydrogens (tertiary/aromatic N) is 1. The van der Waals surface area contributed by atoms with Crippen LogP contribution in [-0.2, 0) is 4.79 Å². The van der Waals surface area contributed by atoms with Crippen LogP contribution in [0.4, 0.5) is 5.13 Å². The zero-order valence-electron chi connectivity index (χ0n) is 11.9. The molecular weight excluding hydrogens is 332 g/mol. The summed E-state index contributed by atoms with van der Waals surface area (Å²) in [5, 5.41) is 7.82. The van der Waals surface area contributed by atoms with Gasteiger partial charge in [0.25, 0.3) is 0 Å². The van der Waals surface area contributed by atoms with Crippen molar-refractivity contribution in [3.8, 4) is 20.3 Å². The van der Waals surface area contributed by atoms with E-state index in [1.165, 1.54) is 4.88 Å². The molecule has 0 aliphatic heterocycles. The second-order valence-corrected chi connectivity index (χ2v) is 8.35. The molecule has 3 aromatic heterocycles. The number of thiophene rings is 2. The first-order valence-electron chi connectivity index (χ1n) is 7.12. The van der Waals surface area contributed by atoms with Crippen LogP contribution in [-0.4, -0.2) is 10.9 Å². The second kappa shape index (κ2) is 5.61. The lowest BCUT2D eigenvalue weighted by Crippen LogP contribution is -2.14. The van der Waals surface area contributed by atoms with Crippen LogP contribution in [0.15, 0.2) is 35.0 Å². The Morgan fingerprint density at radius 2 is 1.91 bits per heavy atom. The fourth-order valence-corrected chi connectivity index (χ4v) is 5.04. The van der Waals surface area contributed by atoms with Gasteiger partial charge in [0.15, 0.2) is 5.13 Å². The molecule has 3 heterocycles. The van der Waals surface area contributed by atoms with Gasteiger partial charge in [-0.1, -0.05) is 30.4 Å². The Hall–Kier alpha value is -1.50. The summed E-state index contributed by atoms with van der Waals surface area (Å²) in [6.45, 7) is 2.11. The van der Waals surface area contributed by atoms with Gasteiger partial charge in [0, 0.05) is 10.8 Å². The lowest BCUT2D eigenvalue weighted by atomic mass is 10.3. The molecule has 1 fully saturated rings. The zero-order chi connectivity index (χ0) is 15.1. The van der Waals surface area contributed by atoms with E-state index in [0.29, 0.717) is 11.0 Å². The van der Waals surface area contributed by atoms with E-state index in [1.807, 2.05) is 12.1 Å². The van der Waals surface area contributed by atoms with Crippen LogP contribution in [0, 0.1) is 11.8 Å². The summed E-state index contributed by atoms with van der Waals surface area (Å²) < 4.78 is 0. The van der Waals surface area contributed by atoms with E-state index >= 15 is 0 Å². The fraction of sp³-hybridized carbons (Fsp3) is 0.250. The molecule has 0 aromatic carbocycles. The molecule has 6 heteroatoms. The second-order valence-electron chi connectivity index (χ2n) is 5.46. The Kier molecular flexibility index (Phi) is 3.60. The standard InChI is InChI=1S/C16H14N2OS3/c1-9-8-10(9)15(19)18-16-17-13(11-4-2-6-20-11)14(22-16)12-5-3-7-21-12/h2-7,9-10H,8H2,1H3,(H,17,18,19)/t9-,10+/m1/s1. The van der Waals surface area contributed by atoms with Gasteiger partial charge in [-0.05, 0) is 35.2 Å². The molecule has 22 heavy (non-hydrogen) atoms. The topological polar surface area (TPSA) is 42.0 Å². The van der Waals surface area contributed by atoms with Crippen LogP contribution in [0.25, 0.3) is 20.3 Å². The van der Waals surface area contributed by atoms with Crippen LogP contribution in [0.1, 0.15) is 13.3 Å². The molecule has 112 valence electrons. The van der Waals surface area contributed by atoms with Crippen LogP contribution in [0.2, 0.25) is 0 Å². The van der Waals surface area contributed by atoms with Crippen LogP contribution < -0.4 is 5.32 Å². The highest BCUT2D eigenvalue weighted by molar-refractivity contribution is 7.24. The molecule has 0 unspecified atom stereocenters. The van der Waals surface area contributed by atoms with Gasteiger partial charge in [0.05, 0.1) is 9.75 Å². The zero-order valence-corrected chi connectivity index (χ0v) is 14.4. The van der Waals surface area contributed by atoms with Crippen LogP contribution in [0.5, 0.6) is 0 Å². The monoisotopic (exact) mass is 346 g/mol. The van der Waals surface area contributed by atoms with Gasteiger partial charge >= 0.3 is 0 Å². The molecule has 0 bridgehead atoms. The molecule has 0 radical (unpaired) electrons. The van der Waals surface area contributed by atoms with Gasteiger partial charge in [-0.3, -0.25) is 4.79 Å². The average molecular weight is 347 g/mol. The fourth-order valence-electron chi connectivity index (χ4n) is 2.41. The predicted octanol–water partition coefficient (Wildman–Crippen LogP) is 5.19. The van der Waals surface area contributed by atoms with Crippen molar-refractivity contribution in [2.75, 3.05) is 5.32 Å². The van der Waals surface area contributed by atoms with Gasteiger partial charge in [-0.2, -0.15) is 0 Å². The smallest absolute Gasteiger partial charge is 0.229 e. The van der Waals surface area contributed by atoms with Crippen molar-refractivity contribution in [2.24, 2.45) is 11.8 Å². The molecular formula is C16H14N2OS3. The Balaban J connectivity index is 1.69. The Morgan fingerprint density at radius 3 is 2.50 bits per heavy atom. The largest absolute Gasteiger partial charge is 0.302 e. The molecule has 1 N–H and O–H groups in total. The number of hydrogen-bond acceptors (Lipinski definition) is 5. The minimum absolute atomic E-state index is 0.108. The van der Waals surface area contributed by atoms with Crippen molar-refractivity contribution in [2.45, 2.75) is 13.3 Å². The first-order chi connectivity index (χ1) is 10.7. The molecule has 2 atom stereocenters. The normalized spacial score (nSPS) is 20.0. The minimum atomic E-state index is 0.108. The predicted molar refractivity (Wildman–Crippen MR) is 94.6 cm³/mol. The van der Waals surface area contributed by atoms with E-state index in [2.05, 4.69) is 40.1 Å². The summed E-state index contributed by atoms with van der Waals surface area (Å²) in [6.07, 6.45) is 0.993. The van der Waals surface area contributed by atoms with E-state index in [9.17, 15) is 4.79 Å². The Bertz CT molecular complexity index is 738. The Labute approximate surface area is 140 Å². The molecule has 4 rings (SSSR count). The van der Waals surface area contributed by atoms with Gasteiger partial charge in [0.2, 0.25) is 5.91 Å². The maximum Gasteiger partial charge on any atom is 0.229 e. The van der Waals surface area contributed by atoms with Crippen molar-refractivity contribution in [1.82, 2.24) is 4.98 Å². The minimum Gasteiger partial charge on any atom is -0.302 e. The number of carbonyl (C=O) groups excluding carboxylic acids is 1. The van der Waals surface area contributed by atoms with E-state index in [0.717, 1.165) is 21.9 Å². The van der Waals surface area contributed by atoms with Crippen molar-refractivity contribution < 1.29 is 4.79 Å². The third kappa shape index (κ3) is 2.62. The Morgan fingerprint density at radius 1 is 1.23 bits per heavy atom. The number of amides is 1. The number of hydrogen-bond donors (Lipinski definition) is 1. The molecule has 1 saturated carbocycles. The van der Waals surface area contributed by atoms with Gasteiger partial charge < -0.3 is 5.32 Å². The average Bonchev–Trinajstić information content (AvgIpc) is 3.03. The number of anilines is 1. The summed E-state index contributed by atoms with van der Waals surface area (Å²) in [5.41, 5.74) is 0.974. The lowest BCUT2D eigenvalue weighted by Gasteiger charge is -1.98. The highest BCUT2D eigenvalue weighted by Gasteiger charge is 2.39.